The third-order valence-electron chi connectivity index (χ3n) is 4.53. The molecule has 1 unspecified atom stereocenters. The van der Waals surface area contributed by atoms with Crippen LogP contribution in [0.1, 0.15) is 36.4 Å². The molecule has 0 spiro atoms. The lowest BCUT2D eigenvalue weighted by Gasteiger charge is -2.35. The zero-order chi connectivity index (χ0) is 12.4. The molecular weight excluding hydrogens is 220 g/mol. The lowest BCUT2D eigenvalue weighted by Crippen LogP contribution is -2.34. The molecule has 0 radical (unpaired) electrons. The summed E-state index contributed by atoms with van der Waals surface area (Å²) in [7, 11) is 2.25. The van der Waals surface area contributed by atoms with E-state index in [1.54, 1.807) is 11.1 Å². The van der Waals surface area contributed by atoms with Crippen LogP contribution in [0.15, 0.2) is 24.3 Å². The average Bonchev–Trinajstić information content (AvgIpc) is 2.63. The normalized spacial score (nSPS) is 26.6. The molecule has 98 valence electrons. The van der Waals surface area contributed by atoms with Crippen molar-refractivity contribution in [3.8, 4) is 0 Å². The number of nitrogens with zero attached hydrogens (tertiary/aromatic N) is 2. The Labute approximate surface area is 111 Å². The van der Waals surface area contributed by atoms with Gasteiger partial charge in [0.2, 0.25) is 0 Å². The van der Waals surface area contributed by atoms with Gasteiger partial charge in [0.15, 0.2) is 0 Å². The molecule has 2 heteroatoms. The predicted octanol–water partition coefficient (Wildman–Crippen LogP) is 2.70. The van der Waals surface area contributed by atoms with E-state index in [4.69, 9.17) is 0 Å². The average molecular weight is 244 g/mol. The summed E-state index contributed by atoms with van der Waals surface area (Å²) in [4.78, 5) is 5.19. The molecule has 1 fully saturated rings. The van der Waals surface area contributed by atoms with Crippen molar-refractivity contribution in [1.29, 1.82) is 0 Å². The van der Waals surface area contributed by atoms with Crippen molar-refractivity contribution in [2.24, 2.45) is 0 Å². The molecule has 0 N–H and O–H groups in total. The summed E-state index contributed by atoms with van der Waals surface area (Å²) in [6.07, 6.45) is 5.30. The quantitative estimate of drug-likeness (QED) is 0.749. The Morgan fingerprint density at radius 2 is 1.89 bits per heavy atom. The van der Waals surface area contributed by atoms with Crippen molar-refractivity contribution in [1.82, 2.24) is 9.80 Å². The fraction of sp³-hybridized carbons (Fsp3) is 0.625. The third kappa shape index (κ3) is 2.45. The van der Waals surface area contributed by atoms with Gasteiger partial charge in [-0.2, -0.15) is 0 Å². The van der Waals surface area contributed by atoms with Crippen molar-refractivity contribution in [3.63, 3.8) is 0 Å². The molecule has 0 aromatic heterocycles. The SMILES string of the molecule is CN1CCCN(C2CCCc3ccccc32)CC1. The highest BCUT2D eigenvalue weighted by molar-refractivity contribution is 5.32. The van der Waals surface area contributed by atoms with Crippen LogP contribution in [0.25, 0.3) is 0 Å². The molecule has 0 saturated carbocycles. The van der Waals surface area contributed by atoms with Crippen LogP contribution in [0, 0.1) is 0 Å². The van der Waals surface area contributed by atoms with E-state index in [1.165, 1.54) is 51.9 Å². The summed E-state index contributed by atoms with van der Waals surface area (Å²) >= 11 is 0. The molecule has 0 bridgehead atoms. The van der Waals surface area contributed by atoms with Crippen molar-refractivity contribution >= 4 is 0 Å². The Kier molecular flexibility index (Phi) is 3.67. The number of aryl methyl sites for hydroxylation is 1. The summed E-state index contributed by atoms with van der Waals surface area (Å²) < 4.78 is 0. The molecule has 2 aliphatic rings. The summed E-state index contributed by atoms with van der Waals surface area (Å²) in [5.74, 6) is 0. The maximum absolute atomic E-state index is 2.72. The Morgan fingerprint density at radius 1 is 1.00 bits per heavy atom. The van der Waals surface area contributed by atoms with Crippen LogP contribution < -0.4 is 0 Å². The minimum atomic E-state index is 0.682. The van der Waals surface area contributed by atoms with Gasteiger partial charge in [0.05, 0.1) is 0 Å². The molecule has 1 heterocycles. The minimum Gasteiger partial charge on any atom is -0.305 e. The highest BCUT2D eigenvalue weighted by Gasteiger charge is 2.26. The maximum atomic E-state index is 2.72. The van der Waals surface area contributed by atoms with Crippen LogP contribution in [0.5, 0.6) is 0 Å². The van der Waals surface area contributed by atoms with Gasteiger partial charge in [-0.25, -0.2) is 0 Å². The second kappa shape index (κ2) is 5.41. The number of hydrogen-bond donors (Lipinski definition) is 0. The highest BCUT2D eigenvalue weighted by atomic mass is 15.2. The van der Waals surface area contributed by atoms with Crippen molar-refractivity contribution in [2.75, 3.05) is 33.2 Å². The molecule has 0 amide bonds. The smallest absolute Gasteiger partial charge is 0.0351 e. The minimum absolute atomic E-state index is 0.682. The highest BCUT2D eigenvalue weighted by Crippen LogP contribution is 2.34. The Hall–Kier alpha value is -0.860. The first-order valence-corrected chi connectivity index (χ1v) is 7.35. The molecule has 1 saturated heterocycles. The third-order valence-corrected chi connectivity index (χ3v) is 4.53. The number of hydrogen-bond acceptors (Lipinski definition) is 2. The van der Waals surface area contributed by atoms with Gasteiger partial charge in [-0.15, -0.1) is 0 Å². The second-order valence-corrected chi connectivity index (χ2v) is 5.80. The first kappa shape index (κ1) is 12.2. The van der Waals surface area contributed by atoms with E-state index < -0.39 is 0 Å². The van der Waals surface area contributed by atoms with E-state index in [1.807, 2.05) is 0 Å². The van der Waals surface area contributed by atoms with E-state index in [-0.39, 0.29) is 0 Å². The molecule has 3 rings (SSSR count). The van der Waals surface area contributed by atoms with Crippen LogP contribution in [0.3, 0.4) is 0 Å². The standard InChI is InChI=1S/C16H24N2/c1-17-10-5-11-18(13-12-17)16-9-4-7-14-6-2-3-8-15(14)16/h2-3,6,8,16H,4-5,7,9-13H2,1H3. The fourth-order valence-electron chi connectivity index (χ4n) is 3.49. The molecule has 1 aromatic carbocycles. The molecule has 1 aliphatic carbocycles. The zero-order valence-electron chi connectivity index (χ0n) is 11.4. The second-order valence-electron chi connectivity index (χ2n) is 5.80. The number of likely N-dealkylation sites (N-methyl/N-ethyl adjacent to an activating group) is 1. The number of rotatable bonds is 1. The maximum Gasteiger partial charge on any atom is 0.0351 e. The van der Waals surface area contributed by atoms with Gasteiger partial charge in [-0.3, -0.25) is 4.90 Å². The van der Waals surface area contributed by atoms with Crippen LogP contribution in [0.4, 0.5) is 0 Å². The van der Waals surface area contributed by atoms with E-state index in [9.17, 15) is 0 Å². The molecule has 1 aromatic rings. The van der Waals surface area contributed by atoms with Crippen molar-refractivity contribution in [2.45, 2.75) is 31.7 Å². The largest absolute Gasteiger partial charge is 0.305 e. The van der Waals surface area contributed by atoms with Gasteiger partial charge in [0, 0.05) is 25.7 Å². The summed E-state index contributed by atoms with van der Waals surface area (Å²) in [6.45, 7) is 4.97. The lowest BCUT2D eigenvalue weighted by molar-refractivity contribution is 0.185. The first-order valence-electron chi connectivity index (χ1n) is 7.35. The zero-order valence-corrected chi connectivity index (χ0v) is 11.4. The Morgan fingerprint density at radius 3 is 2.83 bits per heavy atom. The van der Waals surface area contributed by atoms with Crippen molar-refractivity contribution < 1.29 is 0 Å². The van der Waals surface area contributed by atoms with Crippen LogP contribution in [-0.4, -0.2) is 43.0 Å². The summed E-state index contributed by atoms with van der Waals surface area (Å²) in [5.41, 5.74) is 3.19. The van der Waals surface area contributed by atoms with Gasteiger partial charge in [-0.1, -0.05) is 24.3 Å². The van der Waals surface area contributed by atoms with Crippen LogP contribution in [-0.2, 0) is 6.42 Å². The lowest BCUT2D eigenvalue weighted by atomic mass is 9.87. The molecule has 2 nitrogen and oxygen atoms in total. The molecule has 18 heavy (non-hydrogen) atoms. The van der Waals surface area contributed by atoms with Gasteiger partial charge in [-0.05, 0) is 50.4 Å². The van der Waals surface area contributed by atoms with Crippen LogP contribution in [0.2, 0.25) is 0 Å². The number of fused-ring (bicyclic) bond motifs is 1. The molecule has 1 atom stereocenters. The number of benzene rings is 1. The van der Waals surface area contributed by atoms with E-state index in [2.05, 4.69) is 41.1 Å². The topological polar surface area (TPSA) is 6.48 Å². The van der Waals surface area contributed by atoms with Crippen LogP contribution >= 0.6 is 0 Å². The van der Waals surface area contributed by atoms with E-state index in [0.717, 1.165) is 0 Å². The molecule has 1 aliphatic heterocycles. The van der Waals surface area contributed by atoms with Gasteiger partial charge >= 0.3 is 0 Å². The van der Waals surface area contributed by atoms with E-state index >= 15 is 0 Å². The Balaban J connectivity index is 1.80. The summed E-state index contributed by atoms with van der Waals surface area (Å²) in [5, 5.41) is 0. The van der Waals surface area contributed by atoms with Gasteiger partial charge < -0.3 is 4.90 Å². The fourth-order valence-corrected chi connectivity index (χ4v) is 3.49. The first-order chi connectivity index (χ1) is 8.84. The van der Waals surface area contributed by atoms with Gasteiger partial charge in [0.1, 0.15) is 0 Å². The van der Waals surface area contributed by atoms with Crippen molar-refractivity contribution in [3.05, 3.63) is 35.4 Å². The van der Waals surface area contributed by atoms with Gasteiger partial charge in [0.25, 0.3) is 0 Å². The summed E-state index contributed by atoms with van der Waals surface area (Å²) in [6, 6.07) is 9.76. The van der Waals surface area contributed by atoms with E-state index in [0.29, 0.717) is 6.04 Å². The predicted molar refractivity (Wildman–Crippen MR) is 75.8 cm³/mol. The monoisotopic (exact) mass is 244 g/mol. The molecular formula is C16H24N2. The Bertz CT molecular complexity index is 402.